The number of aromatic nitrogens is 1. The average molecular weight is 556 g/mol. The van der Waals surface area contributed by atoms with Crippen molar-refractivity contribution in [1.29, 1.82) is 0 Å². The lowest BCUT2D eigenvalue weighted by atomic mass is 10.0. The van der Waals surface area contributed by atoms with Crippen molar-refractivity contribution in [3.05, 3.63) is 36.0 Å². The molecule has 2 amide bonds. The maximum absolute atomic E-state index is 13.5. The largest absolute Gasteiger partial charge is 0.490 e. The number of hydrogen-bond acceptors (Lipinski definition) is 7. The quantitative estimate of drug-likeness (QED) is 0.342. The lowest BCUT2D eigenvalue weighted by Gasteiger charge is -2.34. The molecular weight excluding hydrogens is 523 g/mol. The predicted octanol–water partition coefficient (Wildman–Crippen LogP) is 2.37. The number of likely N-dealkylation sites (tertiary alicyclic amines) is 1. The summed E-state index contributed by atoms with van der Waals surface area (Å²) in [6.45, 7) is 2.47. The van der Waals surface area contributed by atoms with Crippen LogP contribution in [-0.4, -0.2) is 80.1 Å². The van der Waals surface area contributed by atoms with Crippen LogP contribution in [0.15, 0.2) is 30.5 Å². The maximum Gasteiger partial charge on any atom is 0.490 e. The van der Waals surface area contributed by atoms with Gasteiger partial charge in [0.25, 0.3) is 0 Å². The highest BCUT2D eigenvalue weighted by Gasteiger charge is 2.39. The van der Waals surface area contributed by atoms with Gasteiger partial charge in [-0.2, -0.15) is 13.2 Å². The van der Waals surface area contributed by atoms with Gasteiger partial charge in [-0.05, 0) is 42.3 Å². The second-order valence-electron chi connectivity index (χ2n) is 9.10. The topological polar surface area (TPSA) is 180 Å². The van der Waals surface area contributed by atoms with Crippen molar-refractivity contribution in [2.75, 3.05) is 18.8 Å². The minimum atomic E-state index is -5.08. The molecule has 0 radical (unpaired) electrons. The van der Waals surface area contributed by atoms with Gasteiger partial charge in [-0.15, -0.1) is 0 Å². The molecule has 14 heteroatoms. The predicted molar refractivity (Wildman–Crippen MR) is 135 cm³/mol. The first-order chi connectivity index (χ1) is 18.3. The van der Waals surface area contributed by atoms with Gasteiger partial charge in [-0.25, -0.2) is 9.78 Å². The highest BCUT2D eigenvalue weighted by atomic mass is 19.4. The number of carboxylic acid groups (broad SMARTS) is 2. The molecule has 0 unspecified atom stereocenters. The van der Waals surface area contributed by atoms with Gasteiger partial charge in [-0.3, -0.25) is 19.3 Å². The zero-order valence-electron chi connectivity index (χ0n) is 21.4. The highest BCUT2D eigenvalue weighted by Crippen LogP contribution is 2.25. The monoisotopic (exact) mass is 555 g/mol. The standard InChI is InChI=1S/C23H31N5O4.C2HF3O2/c1-2-3-5-19(23(32)28-11-4-6-18(28)22(25)31)27(14-20(29)30)13-15-7-8-17-16(12-15)9-10-26-21(17)24;3-2(4,5)1(6)7/h7-10,12,18-19H,2-6,11,13-14H2,1H3,(H2,24,26)(H2,25,31)(H,29,30);(H,6,7)/t18-,19+;/m0./s1. The molecule has 2 aromatic rings. The molecule has 39 heavy (non-hydrogen) atoms. The number of nitrogens with zero attached hydrogens (tertiary/aromatic N) is 3. The molecule has 1 aliphatic rings. The van der Waals surface area contributed by atoms with Crippen molar-refractivity contribution in [1.82, 2.24) is 14.8 Å². The molecule has 1 fully saturated rings. The Morgan fingerprint density at radius 3 is 2.44 bits per heavy atom. The number of anilines is 1. The van der Waals surface area contributed by atoms with E-state index >= 15 is 0 Å². The van der Waals surface area contributed by atoms with Crippen molar-refractivity contribution < 1.29 is 42.6 Å². The molecule has 2 heterocycles. The van der Waals surface area contributed by atoms with Crippen LogP contribution in [-0.2, 0) is 25.7 Å². The maximum atomic E-state index is 13.5. The Bertz CT molecular complexity index is 1190. The van der Waals surface area contributed by atoms with Gasteiger partial charge in [0.05, 0.1) is 12.6 Å². The van der Waals surface area contributed by atoms with E-state index in [1.807, 2.05) is 31.2 Å². The van der Waals surface area contributed by atoms with Gasteiger partial charge in [0.1, 0.15) is 11.9 Å². The van der Waals surface area contributed by atoms with Crippen molar-refractivity contribution in [3.63, 3.8) is 0 Å². The van der Waals surface area contributed by atoms with Crippen molar-refractivity contribution in [2.45, 2.75) is 63.8 Å². The fraction of sp³-hybridized carbons (Fsp3) is 0.480. The number of halogens is 3. The van der Waals surface area contributed by atoms with Gasteiger partial charge in [-0.1, -0.05) is 31.9 Å². The minimum Gasteiger partial charge on any atom is -0.480 e. The molecule has 1 aromatic heterocycles. The van der Waals surface area contributed by atoms with Gasteiger partial charge in [0.2, 0.25) is 11.8 Å². The summed E-state index contributed by atoms with van der Waals surface area (Å²) in [5.74, 6) is -4.08. The minimum absolute atomic E-state index is 0.227. The third-order valence-corrected chi connectivity index (χ3v) is 6.25. The number of carboxylic acids is 2. The molecule has 1 aromatic carbocycles. The second kappa shape index (κ2) is 13.7. The summed E-state index contributed by atoms with van der Waals surface area (Å²) < 4.78 is 31.7. The normalized spacial score (nSPS) is 16.0. The number of nitrogens with two attached hydrogens (primary N) is 2. The number of primary amides is 1. The molecule has 1 aliphatic heterocycles. The molecule has 6 N–H and O–H groups in total. The Morgan fingerprint density at radius 1 is 1.21 bits per heavy atom. The van der Waals surface area contributed by atoms with E-state index in [9.17, 15) is 32.7 Å². The summed E-state index contributed by atoms with van der Waals surface area (Å²) in [5, 5.41) is 18.4. The zero-order valence-corrected chi connectivity index (χ0v) is 21.4. The Morgan fingerprint density at radius 2 is 1.87 bits per heavy atom. The fourth-order valence-electron chi connectivity index (χ4n) is 4.41. The first-order valence-corrected chi connectivity index (χ1v) is 12.2. The Labute approximate surface area is 222 Å². The van der Waals surface area contributed by atoms with Crippen LogP contribution in [0.1, 0.15) is 44.6 Å². The zero-order chi connectivity index (χ0) is 29.3. The Kier molecular flexibility index (Phi) is 11.0. The molecule has 0 aliphatic carbocycles. The molecule has 214 valence electrons. The van der Waals surface area contributed by atoms with E-state index in [0.29, 0.717) is 31.6 Å². The van der Waals surface area contributed by atoms with Gasteiger partial charge >= 0.3 is 18.1 Å². The number of rotatable bonds is 10. The molecule has 0 saturated carbocycles. The van der Waals surface area contributed by atoms with E-state index in [4.69, 9.17) is 21.4 Å². The van der Waals surface area contributed by atoms with Crippen LogP contribution in [0.2, 0.25) is 0 Å². The first kappa shape index (κ1) is 31.3. The third-order valence-electron chi connectivity index (χ3n) is 6.25. The average Bonchev–Trinajstić information content (AvgIpc) is 3.34. The molecule has 0 bridgehead atoms. The number of carbonyl (C=O) groups excluding carboxylic acids is 2. The number of pyridine rings is 1. The van der Waals surface area contributed by atoms with Crippen LogP contribution >= 0.6 is 0 Å². The van der Waals surface area contributed by atoms with E-state index in [1.165, 1.54) is 4.90 Å². The number of benzene rings is 1. The lowest BCUT2D eigenvalue weighted by molar-refractivity contribution is -0.192. The number of hydrogen-bond donors (Lipinski definition) is 4. The van der Waals surface area contributed by atoms with Crippen LogP contribution in [0.3, 0.4) is 0 Å². The number of unbranched alkanes of at least 4 members (excludes halogenated alkanes) is 1. The number of amides is 2. The lowest BCUT2D eigenvalue weighted by Crippen LogP contribution is -2.53. The van der Waals surface area contributed by atoms with E-state index in [1.54, 1.807) is 11.1 Å². The van der Waals surface area contributed by atoms with Crippen molar-refractivity contribution in [3.8, 4) is 0 Å². The smallest absolute Gasteiger partial charge is 0.480 e. The van der Waals surface area contributed by atoms with E-state index < -0.39 is 36.1 Å². The number of fused-ring (bicyclic) bond motifs is 1. The van der Waals surface area contributed by atoms with Crippen LogP contribution in [0.25, 0.3) is 10.8 Å². The number of alkyl halides is 3. The van der Waals surface area contributed by atoms with Crippen molar-refractivity contribution in [2.24, 2.45) is 5.73 Å². The van der Waals surface area contributed by atoms with E-state index in [2.05, 4.69) is 4.98 Å². The van der Waals surface area contributed by atoms with Crippen LogP contribution in [0.4, 0.5) is 19.0 Å². The van der Waals surface area contributed by atoms with Gasteiger partial charge < -0.3 is 26.6 Å². The molecule has 2 atom stereocenters. The van der Waals surface area contributed by atoms with Crippen LogP contribution in [0, 0.1) is 0 Å². The first-order valence-electron chi connectivity index (χ1n) is 12.2. The third kappa shape index (κ3) is 8.80. The number of aliphatic carboxylic acids is 2. The molecule has 0 spiro atoms. The molecule has 11 nitrogen and oxygen atoms in total. The Hall–Kier alpha value is -3.94. The van der Waals surface area contributed by atoms with Crippen molar-refractivity contribution >= 4 is 40.3 Å². The molecule has 1 saturated heterocycles. The van der Waals surface area contributed by atoms with Crippen LogP contribution in [0.5, 0.6) is 0 Å². The number of nitrogen functional groups attached to an aromatic ring is 1. The van der Waals surface area contributed by atoms with Gasteiger partial charge in [0.15, 0.2) is 0 Å². The second-order valence-corrected chi connectivity index (χ2v) is 9.10. The Balaban J connectivity index is 0.000000673. The summed E-state index contributed by atoms with van der Waals surface area (Å²) in [7, 11) is 0. The summed E-state index contributed by atoms with van der Waals surface area (Å²) >= 11 is 0. The summed E-state index contributed by atoms with van der Waals surface area (Å²) in [6.07, 6.45) is -0.0658. The summed E-state index contributed by atoms with van der Waals surface area (Å²) in [4.78, 5) is 53.2. The summed E-state index contributed by atoms with van der Waals surface area (Å²) in [6, 6.07) is 6.24. The van der Waals surface area contributed by atoms with Gasteiger partial charge in [0, 0.05) is 24.7 Å². The highest BCUT2D eigenvalue weighted by molar-refractivity contribution is 5.91. The SMILES string of the molecule is CCCC[C@H](C(=O)N1CCC[C@H]1C(N)=O)N(CC(=O)O)Cc1ccc2c(N)nccc2c1.O=C(O)C(F)(F)F. The fourth-order valence-corrected chi connectivity index (χ4v) is 4.41. The van der Waals surface area contributed by atoms with Crippen LogP contribution < -0.4 is 11.5 Å². The molecule has 3 rings (SSSR count). The van der Waals surface area contributed by atoms with E-state index in [-0.39, 0.29) is 19.0 Å². The summed E-state index contributed by atoms with van der Waals surface area (Å²) in [5.41, 5.74) is 12.3. The number of carbonyl (C=O) groups is 4. The molecular formula is C25H32F3N5O6. The van der Waals surface area contributed by atoms with E-state index in [0.717, 1.165) is 29.2 Å².